The van der Waals surface area contributed by atoms with Gasteiger partial charge in [0, 0.05) is 20.0 Å². The number of hydrogen-bond donors (Lipinski definition) is 1. The van der Waals surface area contributed by atoms with Gasteiger partial charge in [-0.05, 0) is 51.9 Å². The topological polar surface area (TPSA) is 119 Å². The predicted molar refractivity (Wildman–Crippen MR) is 123 cm³/mol. The van der Waals surface area contributed by atoms with E-state index in [4.69, 9.17) is 18.9 Å². The maximum absolute atomic E-state index is 13.0. The second kappa shape index (κ2) is 9.59. The number of allylic oxidation sites excluding steroid dienone is 1. The number of methoxy groups -OCH3 is 1. The number of rotatable bonds is 10. The monoisotopic (exact) mass is 478 g/mol. The van der Waals surface area contributed by atoms with Crippen molar-refractivity contribution < 1.29 is 28.3 Å². The van der Waals surface area contributed by atoms with E-state index in [1.165, 1.54) is 5.57 Å². The third kappa shape index (κ3) is 5.16. The Labute approximate surface area is 200 Å². The van der Waals surface area contributed by atoms with Crippen LogP contribution in [0, 0.1) is 17.8 Å². The Kier molecular flexibility index (Phi) is 7.09. The van der Waals surface area contributed by atoms with Gasteiger partial charge in [-0.3, -0.25) is 14.3 Å². The fourth-order valence-corrected chi connectivity index (χ4v) is 5.64. The number of aromatic amines is 1. The average molecular weight is 479 g/mol. The van der Waals surface area contributed by atoms with E-state index < -0.39 is 5.76 Å². The Morgan fingerprint density at radius 3 is 2.65 bits per heavy atom. The third-order valence-corrected chi connectivity index (χ3v) is 7.83. The summed E-state index contributed by atoms with van der Waals surface area (Å²) in [7, 11) is 1.68. The van der Waals surface area contributed by atoms with Crippen molar-refractivity contribution in [2.75, 3.05) is 13.7 Å². The summed E-state index contributed by atoms with van der Waals surface area (Å²) < 4.78 is 28.8. The van der Waals surface area contributed by atoms with E-state index in [2.05, 4.69) is 41.5 Å². The van der Waals surface area contributed by atoms with Crippen LogP contribution >= 0.6 is 0 Å². The van der Waals surface area contributed by atoms with Crippen LogP contribution in [-0.2, 0) is 30.2 Å². The van der Waals surface area contributed by atoms with E-state index in [9.17, 15) is 9.59 Å². The number of carbonyl (C=O) groups excluding carboxylic acids is 1. The number of esters is 1. The molecule has 2 saturated heterocycles. The Hall–Kier alpha value is -1.97. The van der Waals surface area contributed by atoms with Crippen LogP contribution in [0.1, 0.15) is 66.1 Å². The summed E-state index contributed by atoms with van der Waals surface area (Å²) in [5.74, 6) is -0.268. The second-order valence-electron chi connectivity index (χ2n) is 10.9. The van der Waals surface area contributed by atoms with E-state index in [0.29, 0.717) is 25.3 Å². The SMILES string of the molecule is CO[C@@H]1[C@H](OC(=O)C[C@@H](Cc2noc(=O)[nH]2)C(C)C)CC[C@]2(CO2)[C@H]1[C@@]1(C)O[C@@H]1CC=C(C)C. The molecule has 3 aliphatic rings. The van der Waals surface area contributed by atoms with Gasteiger partial charge in [-0.1, -0.05) is 30.7 Å². The summed E-state index contributed by atoms with van der Waals surface area (Å²) >= 11 is 0. The van der Waals surface area contributed by atoms with Gasteiger partial charge in [0.25, 0.3) is 0 Å². The number of hydrogen-bond acceptors (Lipinski definition) is 8. The van der Waals surface area contributed by atoms with Crippen molar-refractivity contribution in [3.05, 3.63) is 28.0 Å². The minimum Gasteiger partial charge on any atom is -0.460 e. The van der Waals surface area contributed by atoms with E-state index >= 15 is 0 Å². The highest BCUT2D eigenvalue weighted by molar-refractivity contribution is 5.70. The van der Waals surface area contributed by atoms with Crippen molar-refractivity contribution in [2.24, 2.45) is 17.8 Å². The smallest absolute Gasteiger partial charge is 0.438 e. The molecule has 1 aromatic rings. The third-order valence-electron chi connectivity index (χ3n) is 7.83. The highest BCUT2D eigenvalue weighted by Crippen LogP contribution is 2.59. The van der Waals surface area contributed by atoms with E-state index in [-0.39, 0.29) is 59.7 Å². The molecule has 4 rings (SSSR count). The molecule has 3 heterocycles. The van der Waals surface area contributed by atoms with Gasteiger partial charge < -0.3 is 18.9 Å². The van der Waals surface area contributed by atoms with Crippen LogP contribution in [-0.4, -0.2) is 59.3 Å². The molecular formula is C25H38N2O7. The summed E-state index contributed by atoms with van der Waals surface area (Å²) in [6.07, 6.45) is 4.68. The van der Waals surface area contributed by atoms with Crippen LogP contribution in [0.15, 0.2) is 21.0 Å². The van der Waals surface area contributed by atoms with E-state index in [0.717, 1.165) is 12.8 Å². The summed E-state index contributed by atoms with van der Waals surface area (Å²) in [5, 5.41) is 3.74. The van der Waals surface area contributed by atoms with Gasteiger partial charge in [0.2, 0.25) is 0 Å². The second-order valence-corrected chi connectivity index (χ2v) is 10.9. The Balaban J connectivity index is 1.43. The number of H-pyrrole nitrogens is 1. The summed E-state index contributed by atoms with van der Waals surface area (Å²) in [6.45, 7) is 11.1. The van der Waals surface area contributed by atoms with Crippen LogP contribution in [0.5, 0.6) is 0 Å². The van der Waals surface area contributed by atoms with Crippen molar-refractivity contribution >= 4 is 5.97 Å². The van der Waals surface area contributed by atoms with Crippen LogP contribution in [0.4, 0.5) is 0 Å². The highest BCUT2D eigenvalue weighted by atomic mass is 16.6. The van der Waals surface area contributed by atoms with Crippen LogP contribution in [0.25, 0.3) is 0 Å². The lowest BCUT2D eigenvalue weighted by Gasteiger charge is -2.42. The molecule has 34 heavy (non-hydrogen) atoms. The fraction of sp³-hybridized carbons (Fsp3) is 0.800. The molecule has 3 fully saturated rings. The zero-order valence-corrected chi connectivity index (χ0v) is 21.1. The van der Waals surface area contributed by atoms with Crippen molar-refractivity contribution in [3.8, 4) is 0 Å². The number of epoxide rings is 2. The normalized spacial score (nSPS) is 35.3. The van der Waals surface area contributed by atoms with Gasteiger partial charge in [0.05, 0.1) is 18.6 Å². The first-order valence-corrected chi connectivity index (χ1v) is 12.3. The molecule has 2 aliphatic heterocycles. The van der Waals surface area contributed by atoms with Gasteiger partial charge in [-0.2, -0.15) is 0 Å². The van der Waals surface area contributed by atoms with Crippen molar-refractivity contribution in [3.63, 3.8) is 0 Å². The maximum Gasteiger partial charge on any atom is 0.438 e. The van der Waals surface area contributed by atoms with E-state index in [1.54, 1.807) is 7.11 Å². The molecule has 1 N–H and O–H groups in total. The maximum atomic E-state index is 13.0. The number of carbonyl (C=O) groups is 1. The molecule has 1 spiro atoms. The standard InChI is InChI=1S/C25H38N2O7/c1-14(2)7-8-18-24(5,33-18)22-21(30-6)17(9-10-25(22)13-31-25)32-20(28)12-16(15(3)4)11-19-26-23(29)34-27-19/h7,15-18,21-22H,8-13H2,1-6H3,(H,26,27,29)/t16-,17-,18-,21-,22-,24+,25+/m1/s1. The minimum absolute atomic E-state index is 0.00628. The zero-order chi connectivity index (χ0) is 24.7. The van der Waals surface area contributed by atoms with Gasteiger partial charge >= 0.3 is 11.7 Å². The lowest BCUT2D eigenvalue weighted by Crippen LogP contribution is -2.55. The van der Waals surface area contributed by atoms with Gasteiger partial charge in [0.15, 0.2) is 5.82 Å². The molecule has 1 saturated carbocycles. The van der Waals surface area contributed by atoms with Gasteiger partial charge in [-0.25, -0.2) is 4.79 Å². The Morgan fingerprint density at radius 2 is 2.09 bits per heavy atom. The molecule has 0 unspecified atom stereocenters. The van der Waals surface area contributed by atoms with Crippen molar-refractivity contribution in [1.82, 2.24) is 10.1 Å². The zero-order valence-electron chi connectivity index (χ0n) is 21.1. The number of aromatic nitrogens is 2. The Morgan fingerprint density at radius 1 is 1.35 bits per heavy atom. The highest BCUT2D eigenvalue weighted by Gasteiger charge is 2.72. The lowest BCUT2D eigenvalue weighted by molar-refractivity contribution is -0.173. The Bertz CT molecular complexity index is 958. The first-order valence-electron chi connectivity index (χ1n) is 12.3. The summed E-state index contributed by atoms with van der Waals surface area (Å²) in [5.41, 5.74) is 0.647. The summed E-state index contributed by atoms with van der Waals surface area (Å²) in [4.78, 5) is 26.8. The predicted octanol–water partition coefficient (Wildman–Crippen LogP) is 3.19. The molecule has 0 bridgehead atoms. The largest absolute Gasteiger partial charge is 0.460 e. The molecule has 9 nitrogen and oxygen atoms in total. The molecule has 190 valence electrons. The van der Waals surface area contributed by atoms with Gasteiger partial charge in [0.1, 0.15) is 23.4 Å². The lowest BCUT2D eigenvalue weighted by atomic mass is 9.68. The fourth-order valence-electron chi connectivity index (χ4n) is 5.64. The van der Waals surface area contributed by atoms with Crippen LogP contribution in [0.2, 0.25) is 0 Å². The molecule has 0 amide bonds. The first kappa shape index (κ1) is 25.1. The minimum atomic E-state index is -0.592. The molecule has 9 heteroatoms. The van der Waals surface area contributed by atoms with Crippen molar-refractivity contribution in [2.45, 2.75) is 96.2 Å². The summed E-state index contributed by atoms with van der Waals surface area (Å²) in [6, 6.07) is 0. The molecule has 1 aliphatic carbocycles. The molecule has 0 aromatic carbocycles. The first-order chi connectivity index (χ1) is 16.1. The van der Waals surface area contributed by atoms with Gasteiger partial charge in [-0.15, -0.1) is 0 Å². The molecule has 7 atom stereocenters. The molecule has 1 aromatic heterocycles. The van der Waals surface area contributed by atoms with Crippen LogP contribution < -0.4 is 5.76 Å². The van der Waals surface area contributed by atoms with Crippen LogP contribution in [0.3, 0.4) is 0 Å². The number of nitrogens with one attached hydrogen (secondary N) is 1. The number of nitrogens with zero attached hydrogens (tertiary/aromatic N) is 1. The molecule has 0 radical (unpaired) electrons. The van der Waals surface area contributed by atoms with Crippen molar-refractivity contribution in [1.29, 1.82) is 0 Å². The quantitative estimate of drug-likeness (QED) is 0.309. The number of ether oxygens (including phenoxy) is 4. The average Bonchev–Trinajstić information content (AvgIpc) is 3.64. The van der Waals surface area contributed by atoms with E-state index in [1.807, 2.05) is 13.8 Å². The molecular weight excluding hydrogens is 440 g/mol.